The van der Waals surface area contributed by atoms with Gasteiger partial charge in [0.15, 0.2) is 5.96 Å². The van der Waals surface area contributed by atoms with Crippen LogP contribution >= 0.6 is 24.0 Å². The van der Waals surface area contributed by atoms with Crippen LogP contribution in [0.15, 0.2) is 4.99 Å². The lowest BCUT2D eigenvalue weighted by Gasteiger charge is -2.42. The number of ether oxygens (including phenoxy) is 1. The topological polar surface area (TPSA) is 69.2 Å². The highest BCUT2D eigenvalue weighted by Crippen LogP contribution is 2.26. The second-order valence-electron chi connectivity index (χ2n) is 8.68. The molecule has 8 heteroatoms. The van der Waals surface area contributed by atoms with Crippen molar-refractivity contribution in [2.24, 2.45) is 10.9 Å². The predicted molar refractivity (Wildman–Crippen MR) is 135 cm³/mol. The summed E-state index contributed by atoms with van der Waals surface area (Å²) >= 11 is 0. The molecule has 0 unspecified atom stereocenters. The van der Waals surface area contributed by atoms with Gasteiger partial charge in [-0.05, 0) is 59.5 Å². The van der Waals surface area contributed by atoms with Crippen molar-refractivity contribution < 1.29 is 9.53 Å². The predicted octanol–water partition coefficient (Wildman–Crippen LogP) is 2.70. The number of likely N-dealkylation sites (N-methyl/N-ethyl adjacent to an activating group) is 1. The molecule has 0 aromatic rings. The van der Waals surface area contributed by atoms with E-state index in [1.807, 2.05) is 0 Å². The Labute approximate surface area is 200 Å². The number of amides is 1. The van der Waals surface area contributed by atoms with Gasteiger partial charge in [0.25, 0.3) is 0 Å². The number of halogens is 1. The molecule has 2 rings (SSSR count). The summed E-state index contributed by atoms with van der Waals surface area (Å²) in [4.78, 5) is 21.9. The molecule has 0 saturated carbocycles. The molecule has 2 heterocycles. The highest BCUT2D eigenvalue weighted by atomic mass is 127. The molecule has 2 aliphatic rings. The Kier molecular flexibility index (Phi) is 12.5. The number of hydrogen-bond donors (Lipinski definition) is 2. The highest BCUT2D eigenvalue weighted by Gasteiger charge is 2.35. The van der Waals surface area contributed by atoms with E-state index in [1.165, 1.54) is 0 Å². The smallest absolute Gasteiger partial charge is 0.225 e. The largest absolute Gasteiger partial charge is 0.381 e. The molecule has 0 atom stereocenters. The number of guanidine groups is 1. The number of likely N-dealkylation sites (tertiary alicyclic amines) is 1. The molecule has 176 valence electrons. The quantitative estimate of drug-likeness (QED) is 0.283. The first-order valence-electron chi connectivity index (χ1n) is 11.5. The fourth-order valence-electron chi connectivity index (χ4n) is 4.38. The standard InChI is InChI=1S/C22H43N5O2.HI/c1-6-18(7-2)20(28)27-13-9-19(10-14-27)25-21(23-8-3)24-17-22(26(4)5)11-15-29-16-12-22;/h18-19H,6-17H2,1-5H3,(H2,23,24,25);1H. The number of carbonyl (C=O) groups excluding carboxylic acids is 1. The molecule has 1 amide bonds. The van der Waals surface area contributed by atoms with Gasteiger partial charge < -0.3 is 25.2 Å². The summed E-state index contributed by atoms with van der Waals surface area (Å²) in [6, 6.07) is 0.364. The summed E-state index contributed by atoms with van der Waals surface area (Å²) in [6.07, 6.45) is 5.84. The van der Waals surface area contributed by atoms with Gasteiger partial charge in [0.05, 0.1) is 6.54 Å². The molecular weight excluding hydrogens is 493 g/mol. The van der Waals surface area contributed by atoms with Gasteiger partial charge in [-0.2, -0.15) is 0 Å². The molecule has 2 aliphatic heterocycles. The number of nitrogens with zero attached hydrogens (tertiary/aromatic N) is 3. The summed E-state index contributed by atoms with van der Waals surface area (Å²) < 4.78 is 5.57. The van der Waals surface area contributed by atoms with Gasteiger partial charge in [0.1, 0.15) is 0 Å². The van der Waals surface area contributed by atoms with Crippen molar-refractivity contribution in [2.75, 3.05) is 53.5 Å². The Bertz CT molecular complexity index is 526. The second kappa shape index (κ2) is 13.7. The van der Waals surface area contributed by atoms with Crippen molar-refractivity contribution in [3.8, 4) is 0 Å². The Hall–Kier alpha value is -0.610. The molecular formula is C22H44IN5O2. The molecule has 0 aliphatic carbocycles. The average Bonchev–Trinajstić information content (AvgIpc) is 2.74. The van der Waals surface area contributed by atoms with Crippen LogP contribution in [0.25, 0.3) is 0 Å². The number of rotatable bonds is 8. The molecule has 0 aromatic heterocycles. The number of hydrogen-bond acceptors (Lipinski definition) is 4. The molecule has 2 saturated heterocycles. The molecule has 0 radical (unpaired) electrons. The fraction of sp³-hybridized carbons (Fsp3) is 0.909. The van der Waals surface area contributed by atoms with Crippen LogP contribution in [0.1, 0.15) is 59.3 Å². The van der Waals surface area contributed by atoms with E-state index < -0.39 is 0 Å². The first-order valence-corrected chi connectivity index (χ1v) is 11.5. The van der Waals surface area contributed by atoms with Gasteiger partial charge in [-0.3, -0.25) is 9.79 Å². The second-order valence-corrected chi connectivity index (χ2v) is 8.68. The molecule has 0 aromatic carbocycles. The van der Waals surface area contributed by atoms with E-state index in [9.17, 15) is 4.79 Å². The minimum Gasteiger partial charge on any atom is -0.381 e. The highest BCUT2D eigenvalue weighted by molar-refractivity contribution is 14.0. The van der Waals surface area contributed by atoms with Crippen LogP contribution in [0.3, 0.4) is 0 Å². The van der Waals surface area contributed by atoms with Crippen molar-refractivity contribution >= 4 is 35.8 Å². The van der Waals surface area contributed by atoms with Gasteiger partial charge in [-0.1, -0.05) is 13.8 Å². The normalized spacial score (nSPS) is 20.2. The zero-order chi connectivity index (χ0) is 21.3. The van der Waals surface area contributed by atoms with Crippen molar-refractivity contribution in [2.45, 2.75) is 70.9 Å². The molecule has 0 spiro atoms. The van der Waals surface area contributed by atoms with Gasteiger partial charge in [-0.25, -0.2) is 0 Å². The third-order valence-electron chi connectivity index (χ3n) is 6.73. The fourth-order valence-corrected chi connectivity index (χ4v) is 4.38. The van der Waals surface area contributed by atoms with Crippen LogP contribution in [-0.4, -0.2) is 86.7 Å². The maximum atomic E-state index is 12.6. The Balaban J connectivity index is 0.00000450. The monoisotopic (exact) mass is 537 g/mol. The van der Waals surface area contributed by atoms with Crippen LogP contribution in [0.2, 0.25) is 0 Å². The van der Waals surface area contributed by atoms with Crippen molar-refractivity contribution in [3.05, 3.63) is 0 Å². The lowest BCUT2D eigenvalue weighted by molar-refractivity contribution is -0.136. The summed E-state index contributed by atoms with van der Waals surface area (Å²) in [5.74, 6) is 1.41. The van der Waals surface area contributed by atoms with Crippen LogP contribution in [-0.2, 0) is 9.53 Å². The number of piperidine rings is 1. The van der Waals surface area contributed by atoms with E-state index >= 15 is 0 Å². The zero-order valence-corrected chi connectivity index (χ0v) is 22.0. The van der Waals surface area contributed by atoms with E-state index in [1.54, 1.807) is 0 Å². The lowest BCUT2D eigenvalue weighted by atomic mass is 9.89. The van der Waals surface area contributed by atoms with E-state index in [0.717, 1.165) is 83.9 Å². The van der Waals surface area contributed by atoms with Gasteiger partial charge in [-0.15, -0.1) is 24.0 Å². The Morgan fingerprint density at radius 2 is 1.77 bits per heavy atom. The van der Waals surface area contributed by atoms with Crippen LogP contribution < -0.4 is 10.6 Å². The first-order chi connectivity index (χ1) is 14.0. The number of carbonyl (C=O) groups is 1. The average molecular weight is 538 g/mol. The number of nitrogens with one attached hydrogen (secondary N) is 2. The summed E-state index contributed by atoms with van der Waals surface area (Å²) in [7, 11) is 4.29. The third-order valence-corrected chi connectivity index (χ3v) is 6.73. The van der Waals surface area contributed by atoms with Crippen molar-refractivity contribution in [1.82, 2.24) is 20.4 Å². The molecule has 7 nitrogen and oxygen atoms in total. The van der Waals surface area contributed by atoms with Crippen LogP contribution in [0.4, 0.5) is 0 Å². The lowest BCUT2D eigenvalue weighted by Crippen LogP contribution is -2.53. The Morgan fingerprint density at radius 3 is 2.27 bits per heavy atom. The summed E-state index contributed by atoms with van der Waals surface area (Å²) in [5, 5.41) is 7.03. The minimum atomic E-state index is 0. The summed E-state index contributed by atoms with van der Waals surface area (Å²) in [5.41, 5.74) is 0.0751. The van der Waals surface area contributed by atoms with Crippen molar-refractivity contribution in [3.63, 3.8) is 0 Å². The maximum Gasteiger partial charge on any atom is 0.225 e. The van der Waals surface area contributed by atoms with E-state index in [0.29, 0.717) is 11.9 Å². The van der Waals surface area contributed by atoms with Crippen LogP contribution in [0.5, 0.6) is 0 Å². The number of aliphatic imine (C=N–C) groups is 1. The van der Waals surface area contributed by atoms with E-state index in [-0.39, 0.29) is 35.4 Å². The molecule has 2 N–H and O–H groups in total. The van der Waals surface area contributed by atoms with E-state index in [2.05, 4.69) is 55.3 Å². The first kappa shape index (κ1) is 27.4. The SMILES string of the molecule is CCNC(=NCC1(N(C)C)CCOCC1)NC1CCN(C(=O)C(CC)CC)CC1.I. The van der Waals surface area contributed by atoms with E-state index in [4.69, 9.17) is 9.73 Å². The molecule has 30 heavy (non-hydrogen) atoms. The molecule has 2 fully saturated rings. The Morgan fingerprint density at radius 1 is 1.17 bits per heavy atom. The van der Waals surface area contributed by atoms with Crippen molar-refractivity contribution in [1.29, 1.82) is 0 Å². The van der Waals surface area contributed by atoms with Gasteiger partial charge >= 0.3 is 0 Å². The van der Waals surface area contributed by atoms with Gasteiger partial charge in [0.2, 0.25) is 5.91 Å². The zero-order valence-electron chi connectivity index (χ0n) is 19.7. The third kappa shape index (κ3) is 7.51. The van der Waals surface area contributed by atoms with Gasteiger partial charge in [0, 0.05) is 50.3 Å². The summed E-state index contributed by atoms with van der Waals surface area (Å²) in [6.45, 7) is 11.2. The maximum absolute atomic E-state index is 12.6. The van der Waals surface area contributed by atoms with Crippen LogP contribution in [0, 0.1) is 5.92 Å². The molecule has 0 bridgehead atoms. The minimum absolute atomic E-state index is 0.